The average molecular weight is 223 g/mol. The van der Waals surface area contributed by atoms with E-state index in [-0.39, 0.29) is 11.3 Å². The molecule has 5 heteroatoms. The third-order valence-electron chi connectivity index (χ3n) is 2.24. The van der Waals surface area contributed by atoms with E-state index in [1.54, 1.807) is 18.0 Å². The quantitative estimate of drug-likeness (QED) is 0.822. The number of carbonyl (C=O) groups is 1. The fraction of sp³-hybridized carbons (Fsp3) is 0.500. The molecule has 0 bridgehead atoms. The zero-order valence-electron chi connectivity index (χ0n) is 8.56. The van der Waals surface area contributed by atoms with E-state index in [0.717, 1.165) is 17.9 Å². The second kappa shape index (κ2) is 4.61. The highest BCUT2D eigenvalue weighted by atomic mass is 32.2. The Kier molecular flexibility index (Phi) is 3.20. The molecule has 4 nitrogen and oxygen atoms in total. The summed E-state index contributed by atoms with van der Waals surface area (Å²) >= 11 is 1.79. The smallest absolute Gasteiger partial charge is 0.272 e. The zero-order valence-corrected chi connectivity index (χ0v) is 9.38. The molecule has 15 heavy (non-hydrogen) atoms. The summed E-state index contributed by atoms with van der Waals surface area (Å²) in [5.74, 6) is 1.01. The summed E-state index contributed by atoms with van der Waals surface area (Å²) in [6, 6.07) is 0. The minimum atomic E-state index is -0.123. The van der Waals surface area contributed by atoms with Crippen LogP contribution in [0, 0.1) is 6.92 Å². The molecular formula is C10H13N3OS. The van der Waals surface area contributed by atoms with Crippen molar-refractivity contribution in [3.8, 4) is 0 Å². The fourth-order valence-electron chi connectivity index (χ4n) is 1.42. The third-order valence-corrected chi connectivity index (χ3v) is 3.52. The van der Waals surface area contributed by atoms with Gasteiger partial charge in [0.2, 0.25) is 0 Å². The van der Waals surface area contributed by atoms with Gasteiger partial charge in [-0.1, -0.05) is 0 Å². The van der Waals surface area contributed by atoms with Gasteiger partial charge in [-0.3, -0.25) is 9.78 Å². The molecular weight excluding hydrogens is 210 g/mol. The van der Waals surface area contributed by atoms with E-state index in [1.165, 1.54) is 12.6 Å². The van der Waals surface area contributed by atoms with E-state index in [0.29, 0.717) is 5.69 Å². The molecule has 2 heterocycles. The maximum absolute atomic E-state index is 11.7. The number of hydrogen-bond donors (Lipinski definition) is 1. The number of nitrogens with one attached hydrogen (secondary N) is 1. The molecule has 0 aliphatic carbocycles. The van der Waals surface area contributed by atoms with Gasteiger partial charge in [0.15, 0.2) is 0 Å². The van der Waals surface area contributed by atoms with Gasteiger partial charge in [0, 0.05) is 6.20 Å². The van der Waals surface area contributed by atoms with Crippen molar-refractivity contribution in [2.24, 2.45) is 0 Å². The van der Waals surface area contributed by atoms with Crippen molar-refractivity contribution in [2.45, 2.75) is 25.1 Å². The Morgan fingerprint density at radius 3 is 3.00 bits per heavy atom. The summed E-state index contributed by atoms with van der Waals surface area (Å²) in [5.41, 5.74) is 1.22. The molecule has 0 aromatic carbocycles. The number of amides is 1. The van der Waals surface area contributed by atoms with Crippen LogP contribution in [0.15, 0.2) is 12.4 Å². The highest BCUT2D eigenvalue weighted by Gasteiger charge is 2.18. The van der Waals surface area contributed by atoms with Gasteiger partial charge in [0.25, 0.3) is 5.91 Å². The number of hydrogen-bond acceptors (Lipinski definition) is 4. The monoisotopic (exact) mass is 223 g/mol. The second-order valence-electron chi connectivity index (χ2n) is 3.52. The van der Waals surface area contributed by atoms with Crippen molar-refractivity contribution in [3.05, 3.63) is 23.8 Å². The molecule has 1 aliphatic rings. The highest BCUT2D eigenvalue weighted by molar-refractivity contribution is 8.00. The Bertz CT molecular complexity index is 346. The Morgan fingerprint density at radius 2 is 2.40 bits per heavy atom. The Labute approximate surface area is 92.9 Å². The van der Waals surface area contributed by atoms with E-state index >= 15 is 0 Å². The van der Waals surface area contributed by atoms with Crippen LogP contribution in [0.4, 0.5) is 0 Å². The van der Waals surface area contributed by atoms with Crippen molar-refractivity contribution in [2.75, 3.05) is 5.75 Å². The van der Waals surface area contributed by atoms with Crippen LogP contribution < -0.4 is 5.32 Å². The lowest BCUT2D eigenvalue weighted by Gasteiger charge is -2.10. The first kappa shape index (κ1) is 10.4. The molecule has 0 radical (unpaired) electrons. The molecule has 1 aliphatic heterocycles. The van der Waals surface area contributed by atoms with E-state index in [9.17, 15) is 4.79 Å². The molecule has 80 valence electrons. The topological polar surface area (TPSA) is 54.9 Å². The molecule has 1 saturated heterocycles. The van der Waals surface area contributed by atoms with Crippen molar-refractivity contribution in [1.82, 2.24) is 15.3 Å². The van der Waals surface area contributed by atoms with E-state index in [1.807, 2.05) is 6.92 Å². The third kappa shape index (κ3) is 2.68. The normalized spacial score (nSPS) is 20.2. The lowest BCUT2D eigenvalue weighted by molar-refractivity contribution is 0.0944. The van der Waals surface area contributed by atoms with Crippen LogP contribution in [0.25, 0.3) is 0 Å². The number of rotatable bonds is 2. The first-order valence-electron chi connectivity index (χ1n) is 4.97. The molecule has 1 fully saturated rings. The van der Waals surface area contributed by atoms with Crippen LogP contribution in [-0.4, -0.2) is 27.0 Å². The number of aryl methyl sites for hydroxylation is 1. The van der Waals surface area contributed by atoms with Crippen molar-refractivity contribution < 1.29 is 4.79 Å². The van der Waals surface area contributed by atoms with Gasteiger partial charge in [-0.05, 0) is 25.5 Å². The predicted octanol–water partition coefficient (Wildman–Crippen LogP) is 1.37. The van der Waals surface area contributed by atoms with Crippen LogP contribution in [0.5, 0.6) is 0 Å². The lowest BCUT2D eigenvalue weighted by Crippen LogP contribution is -2.31. The number of thioether (sulfide) groups is 1. The Hall–Kier alpha value is -1.10. The zero-order chi connectivity index (χ0) is 10.7. The highest BCUT2D eigenvalue weighted by Crippen LogP contribution is 2.23. The van der Waals surface area contributed by atoms with Crippen LogP contribution >= 0.6 is 11.8 Å². The number of aromatic nitrogens is 2. The number of carbonyl (C=O) groups excluding carboxylic acids is 1. The van der Waals surface area contributed by atoms with Crippen LogP contribution in [0.3, 0.4) is 0 Å². The Morgan fingerprint density at radius 1 is 1.53 bits per heavy atom. The molecule has 1 amide bonds. The minimum absolute atomic E-state index is 0.123. The van der Waals surface area contributed by atoms with E-state index in [4.69, 9.17) is 0 Å². The SMILES string of the molecule is Cc1cnc(C(=O)NC2CCCS2)cn1. The lowest BCUT2D eigenvalue weighted by atomic mass is 10.3. The van der Waals surface area contributed by atoms with E-state index < -0.39 is 0 Å². The summed E-state index contributed by atoms with van der Waals surface area (Å²) < 4.78 is 0. The van der Waals surface area contributed by atoms with Crippen molar-refractivity contribution in [1.29, 1.82) is 0 Å². The van der Waals surface area contributed by atoms with Crippen LogP contribution in [0.1, 0.15) is 29.0 Å². The molecule has 1 aromatic heterocycles. The first-order chi connectivity index (χ1) is 7.25. The average Bonchev–Trinajstić information content (AvgIpc) is 2.71. The summed E-state index contributed by atoms with van der Waals surface area (Å²) in [4.78, 5) is 19.8. The summed E-state index contributed by atoms with van der Waals surface area (Å²) in [7, 11) is 0. The summed E-state index contributed by atoms with van der Waals surface area (Å²) in [6.45, 7) is 1.85. The molecule has 1 N–H and O–H groups in total. The molecule has 0 saturated carbocycles. The van der Waals surface area contributed by atoms with Crippen LogP contribution in [-0.2, 0) is 0 Å². The summed E-state index contributed by atoms with van der Waals surface area (Å²) in [6.07, 6.45) is 5.35. The van der Waals surface area contributed by atoms with Gasteiger partial charge in [-0.2, -0.15) is 0 Å². The predicted molar refractivity (Wildman–Crippen MR) is 59.7 cm³/mol. The van der Waals surface area contributed by atoms with Gasteiger partial charge >= 0.3 is 0 Å². The second-order valence-corrected chi connectivity index (χ2v) is 4.83. The summed E-state index contributed by atoms with van der Waals surface area (Å²) in [5, 5.41) is 3.19. The molecule has 1 atom stereocenters. The maximum Gasteiger partial charge on any atom is 0.272 e. The van der Waals surface area contributed by atoms with Gasteiger partial charge in [-0.25, -0.2) is 4.98 Å². The largest absolute Gasteiger partial charge is 0.339 e. The molecule has 2 rings (SSSR count). The Balaban J connectivity index is 1.98. The van der Waals surface area contributed by atoms with Crippen molar-refractivity contribution >= 4 is 17.7 Å². The van der Waals surface area contributed by atoms with Gasteiger partial charge in [0.05, 0.1) is 17.3 Å². The van der Waals surface area contributed by atoms with Gasteiger partial charge in [0.1, 0.15) is 5.69 Å². The minimum Gasteiger partial charge on any atom is -0.339 e. The maximum atomic E-state index is 11.7. The van der Waals surface area contributed by atoms with Gasteiger partial charge < -0.3 is 5.32 Å². The van der Waals surface area contributed by atoms with Gasteiger partial charge in [-0.15, -0.1) is 11.8 Å². The fourth-order valence-corrected chi connectivity index (χ4v) is 2.56. The van der Waals surface area contributed by atoms with Crippen molar-refractivity contribution in [3.63, 3.8) is 0 Å². The number of nitrogens with zero attached hydrogens (tertiary/aromatic N) is 2. The molecule has 0 spiro atoms. The molecule has 1 unspecified atom stereocenters. The van der Waals surface area contributed by atoms with E-state index in [2.05, 4.69) is 15.3 Å². The first-order valence-corrected chi connectivity index (χ1v) is 6.02. The standard InChI is InChI=1S/C10H13N3OS/c1-7-5-12-8(6-11-7)10(14)13-9-3-2-4-15-9/h5-6,9H,2-4H2,1H3,(H,13,14). The molecule has 1 aromatic rings. The van der Waals surface area contributed by atoms with Crippen LogP contribution in [0.2, 0.25) is 0 Å².